The Kier molecular flexibility index (Phi) is 5.98. The van der Waals surface area contributed by atoms with Crippen LogP contribution >= 0.6 is 0 Å². The zero-order valence-electron chi connectivity index (χ0n) is 10.0. The van der Waals surface area contributed by atoms with Gasteiger partial charge in [0.05, 0.1) is 11.6 Å². The monoisotopic (exact) mass is 231 g/mol. The molecule has 0 aliphatic carbocycles. The van der Waals surface area contributed by atoms with Crippen molar-refractivity contribution in [3.63, 3.8) is 0 Å². The van der Waals surface area contributed by atoms with E-state index in [1.807, 2.05) is 12.2 Å². The molecule has 0 heterocycles. The number of carbonyl (C=O) groups is 2. The predicted octanol–water partition coefficient (Wildman–Crippen LogP) is -0.289. The van der Waals surface area contributed by atoms with Crippen molar-refractivity contribution in [2.45, 2.75) is 45.3 Å². The molecule has 0 spiro atoms. The lowest BCUT2D eigenvalue weighted by atomic mass is 10.0. The van der Waals surface area contributed by atoms with Crippen LogP contribution in [0, 0.1) is 0 Å². The van der Waals surface area contributed by atoms with E-state index in [2.05, 4.69) is 5.32 Å². The molecular weight excluding hydrogens is 210 g/mol. The van der Waals surface area contributed by atoms with Crippen molar-refractivity contribution in [1.82, 2.24) is 10.6 Å². The molecule has 2 unspecified atom stereocenters. The first-order valence-electron chi connectivity index (χ1n) is 5.34. The Bertz CT molecular complexity index is 254. The van der Waals surface area contributed by atoms with Crippen LogP contribution in [-0.4, -0.2) is 35.2 Å². The summed E-state index contributed by atoms with van der Waals surface area (Å²) in [5.41, 5.74) is 3.96. The minimum absolute atomic E-state index is 0.286. The summed E-state index contributed by atoms with van der Waals surface area (Å²) in [7, 11) is 0. The van der Waals surface area contributed by atoms with Crippen LogP contribution in [0.3, 0.4) is 0 Å². The Morgan fingerprint density at radius 1 is 1.50 bits per heavy atom. The van der Waals surface area contributed by atoms with Gasteiger partial charge in [-0.1, -0.05) is 13.3 Å². The molecule has 0 aromatic carbocycles. The number of rotatable bonds is 6. The molecule has 0 aliphatic heterocycles. The maximum Gasteiger partial charge on any atom is 0.318 e. The summed E-state index contributed by atoms with van der Waals surface area (Å²) in [5.74, 6) is -0.500. The molecule has 0 radical (unpaired) electrons. The van der Waals surface area contributed by atoms with Crippen LogP contribution in [0.15, 0.2) is 0 Å². The zero-order chi connectivity index (χ0) is 12.8. The maximum absolute atomic E-state index is 11.3. The normalized spacial score (nSPS) is 16.2. The van der Waals surface area contributed by atoms with Crippen molar-refractivity contribution in [3.8, 4) is 0 Å². The number of carbonyl (C=O) groups excluding carboxylic acids is 2. The Hall–Kier alpha value is -1.14. The third kappa shape index (κ3) is 6.36. The standard InChI is InChI=1S/C10H21N3O3/c1-4-5-10(3,16)6-12-7(2)8(14)13-9(11)15/h7,12,16H,4-6H2,1-3H3,(H3,11,13,14,15). The molecule has 0 saturated heterocycles. The van der Waals surface area contributed by atoms with Gasteiger partial charge in [-0.05, 0) is 20.3 Å². The molecule has 0 bridgehead atoms. The number of hydrogen-bond donors (Lipinski definition) is 4. The number of aliphatic hydroxyl groups is 1. The smallest absolute Gasteiger partial charge is 0.318 e. The Morgan fingerprint density at radius 3 is 2.50 bits per heavy atom. The summed E-state index contributed by atoms with van der Waals surface area (Å²) < 4.78 is 0. The highest BCUT2D eigenvalue weighted by molar-refractivity contribution is 5.96. The topological polar surface area (TPSA) is 104 Å². The number of hydrogen-bond acceptors (Lipinski definition) is 4. The lowest BCUT2D eigenvalue weighted by molar-refractivity contribution is -0.121. The zero-order valence-corrected chi connectivity index (χ0v) is 10.0. The summed E-state index contributed by atoms with van der Waals surface area (Å²) in [5, 5.41) is 14.7. The van der Waals surface area contributed by atoms with Gasteiger partial charge in [-0.2, -0.15) is 0 Å². The van der Waals surface area contributed by atoms with Gasteiger partial charge in [-0.15, -0.1) is 0 Å². The second-order valence-electron chi connectivity index (χ2n) is 4.20. The highest BCUT2D eigenvalue weighted by atomic mass is 16.3. The Balaban J connectivity index is 4.01. The highest BCUT2D eigenvalue weighted by Crippen LogP contribution is 2.10. The minimum atomic E-state index is -0.876. The van der Waals surface area contributed by atoms with Gasteiger partial charge in [-0.3, -0.25) is 10.1 Å². The van der Waals surface area contributed by atoms with Gasteiger partial charge in [-0.25, -0.2) is 4.79 Å². The third-order valence-electron chi connectivity index (χ3n) is 2.22. The second kappa shape index (κ2) is 6.44. The van der Waals surface area contributed by atoms with Crippen LogP contribution in [-0.2, 0) is 4.79 Å². The molecule has 2 atom stereocenters. The van der Waals surface area contributed by atoms with E-state index in [0.717, 1.165) is 6.42 Å². The van der Waals surface area contributed by atoms with Gasteiger partial charge < -0.3 is 16.2 Å². The van der Waals surface area contributed by atoms with Crippen molar-refractivity contribution in [2.75, 3.05) is 6.54 Å². The average molecular weight is 231 g/mol. The summed E-state index contributed by atoms with van der Waals surface area (Å²) >= 11 is 0. The molecule has 0 fully saturated rings. The molecule has 0 aromatic heterocycles. The van der Waals surface area contributed by atoms with E-state index in [1.165, 1.54) is 0 Å². The Morgan fingerprint density at radius 2 is 2.06 bits per heavy atom. The van der Waals surface area contributed by atoms with E-state index in [0.29, 0.717) is 6.42 Å². The van der Waals surface area contributed by atoms with Gasteiger partial charge >= 0.3 is 6.03 Å². The van der Waals surface area contributed by atoms with Crippen molar-refractivity contribution in [2.24, 2.45) is 5.73 Å². The molecule has 3 amide bonds. The number of nitrogens with one attached hydrogen (secondary N) is 2. The van der Waals surface area contributed by atoms with Crippen molar-refractivity contribution in [1.29, 1.82) is 0 Å². The molecule has 0 aliphatic rings. The first-order chi connectivity index (χ1) is 7.28. The fourth-order valence-electron chi connectivity index (χ4n) is 1.32. The van der Waals surface area contributed by atoms with Crippen LogP contribution in [0.25, 0.3) is 0 Å². The van der Waals surface area contributed by atoms with Crippen LogP contribution in [0.1, 0.15) is 33.6 Å². The van der Waals surface area contributed by atoms with Crippen molar-refractivity contribution < 1.29 is 14.7 Å². The van der Waals surface area contributed by atoms with Gasteiger partial charge in [0.2, 0.25) is 5.91 Å². The average Bonchev–Trinajstić information content (AvgIpc) is 2.13. The van der Waals surface area contributed by atoms with E-state index in [-0.39, 0.29) is 6.54 Å². The summed E-state index contributed by atoms with van der Waals surface area (Å²) in [6.07, 6.45) is 1.50. The first-order valence-corrected chi connectivity index (χ1v) is 5.34. The van der Waals surface area contributed by atoms with Crippen LogP contribution in [0.2, 0.25) is 0 Å². The number of amides is 3. The maximum atomic E-state index is 11.3. The summed E-state index contributed by atoms with van der Waals surface area (Å²) in [4.78, 5) is 21.7. The molecule has 94 valence electrons. The van der Waals surface area contributed by atoms with E-state index in [1.54, 1.807) is 13.8 Å². The van der Waals surface area contributed by atoms with Crippen molar-refractivity contribution in [3.05, 3.63) is 0 Å². The fourth-order valence-corrected chi connectivity index (χ4v) is 1.32. The highest BCUT2D eigenvalue weighted by Gasteiger charge is 2.22. The molecule has 0 saturated carbocycles. The molecule has 16 heavy (non-hydrogen) atoms. The largest absolute Gasteiger partial charge is 0.389 e. The predicted molar refractivity (Wildman–Crippen MR) is 60.7 cm³/mol. The fraction of sp³-hybridized carbons (Fsp3) is 0.800. The second-order valence-corrected chi connectivity index (χ2v) is 4.20. The van der Waals surface area contributed by atoms with E-state index in [4.69, 9.17) is 5.73 Å². The summed E-state index contributed by atoms with van der Waals surface area (Å²) in [6.45, 7) is 5.55. The SMILES string of the molecule is CCCC(C)(O)CNC(C)C(=O)NC(N)=O. The van der Waals surface area contributed by atoms with E-state index in [9.17, 15) is 14.7 Å². The summed E-state index contributed by atoms with van der Waals surface area (Å²) in [6, 6.07) is -1.45. The van der Waals surface area contributed by atoms with Gasteiger partial charge in [0.1, 0.15) is 0 Å². The molecule has 0 aromatic rings. The van der Waals surface area contributed by atoms with Crippen LogP contribution in [0.4, 0.5) is 4.79 Å². The van der Waals surface area contributed by atoms with Crippen molar-refractivity contribution >= 4 is 11.9 Å². The van der Waals surface area contributed by atoms with Gasteiger partial charge in [0.15, 0.2) is 0 Å². The number of nitrogens with two attached hydrogens (primary N) is 1. The molecule has 6 nitrogen and oxygen atoms in total. The molecule has 0 rings (SSSR count). The number of primary amides is 1. The molecule has 6 heteroatoms. The lowest BCUT2D eigenvalue weighted by Crippen LogP contribution is -2.50. The quantitative estimate of drug-likeness (QED) is 0.504. The lowest BCUT2D eigenvalue weighted by Gasteiger charge is -2.25. The number of urea groups is 1. The van der Waals surface area contributed by atoms with Gasteiger partial charge in [0.25, 0.3) is 0 Å². The Labute approximate surface area is 95.6 Å². The molecular formula is C10H21N3O3. The van der Waals surface area contributed by atoms with Gasteiger partial charge in [0, 0.05) is 6.54 Å². The van der Waals surface area contributed by atoms with E-state index < -0.39 is 23.6 Å². The third-order valence-corrected chi connectivity index (χ3v) is 2.22. The van der Waals surface area contributed by atoms with Crippen LogP contribution in [0.5, 0.6) is 0 Å². The first kappa shape index (κ1) is 14.9. The van der Waals surface area contributed by atoms with E-state index >= 15 is 0 Å². The number of imide groups is 1. The van der Waals surface area contributed by atoms with Crippen LogP contribution < -0.4 is 16.4 Å². The minimum Gasteiger partial charge on any atom is -0.389 e. The molecule has 5 N–H and O–H groups in total.